The summed E-state index contributed by atoms with van der Waals surface area (Å²) in [7, 11) is 0. The Balaban J connectivity index is 2.85. The molecule has 0 saturated heterocycles. The fraction of sp³-hybridized carbons (Fsp3) is 0.400. The summed E-state index contributed by atoms with van der Waals surface area (Å²) in [5.74, 6) is 0.521. The predicted molar refractivity (Wildman–Crippen MR) is 49.8 cm³/mol. The standard InChI is InChI=1S/C10H14O3/c1-7(2)13-10-4-3-8(6-11)5-9(10)12/h3-5,7,11-12H,6H2,1-2H3. The number of phenols is 1. The first-order valence-corrected chi connectivity index (χ1v) is 4.23. The maximum Gasteiger partial charge on any atom is 0.161 e. The van der Waals surface area contributed by atoms with Gasteiger partial charge in [0, 0.05) is 0 Å². The van der Waals surface area contributed by atoms with E-state index in [-0.39, 0.29) is 18.5 Å². The lowest BCUT2D eigenvalue weighted by atomic mass is 10.2. The molecule has 1 rings (SSSR count). The van der Waals surface area contributed by atoms with Gasteiger partial charge in [0.1, 0.15) is 0 Å². The highest BCUT2D eigenvalue weighted by Crippen LogP contribution is 2.27. The minimum atomic E-state index is -0.0739. The quantitative estimate of drug-likeness (QED) is 0.747. The summed E-state index contributed by atoms with van der Waals surface area (Å²) in [6.45, 7) is 3.70. The van der Waals surface area contributed by atoms with Crippen LogP contribution in [0.3, 0.4) is 0 Å². The molecule has 0 heterocycles. The van der Waals surface area contributed by atoms with Crippen molar-refractivity contribution in [2.75, 3.05) is 0 Å². The van der Waals surface area contributed by atoms with Crippen molar-refractivity contribution in [3.05, 3.63) is 23.8 Å². The van der Waals surface area contributed by atoms with Crippen LogP contribution in [0.15, 0.2) is 18.2 Å². The molecular weight excluding hydrogens is 168 g/mol. The molecule has 0 amide bonds. The molecule has 3 heteroatoms. The van der Waals surface area contributed by atoms with E-state index in [4.69, 9.17) is 9.84 Å². The number of phenolic OH excluding ortho intramolecular Hbond substituents is 1. The van der Waals surface area contributed by atoms with Crippen LogP contribution in [0.2, 0.25) is 0 Å². The van der Waals surface area contributed by atoms with Crippen molar-refractivity contribution in [2.45, 2.75) is 26.6 Å². The van der Waals surface area contributed by atoms with E-state index in [1.54, 1.807) is 12.1 Å². The van der Waals surface area contributed by atoms with E-state index >= 15 is 0 Å². The van der Waals surface area contributed by atoms with Gasteiger partial charge in [-0.05, 0) is 31.5 Å². The Hall–Kier alpha value is -1.22. The summed E-state index contributed by atoms with van der Waals surface area (Å²) < 4.78 is 5.31. The summed E-state index contributed by atoms with van der Waals surface area (Å²) in [6.07, 6.45) is 0.0332. The lowest BCUT2D eigenvalue weighted by Gasteiger charge is -2.11. The first-order chi connectivity index (χ1) is 6.13. The molecule has 3 nitrogen and oxygen atoms in total. The third-order valence-electron chi connectivity index (χ3n) is 1.57. The number of aliphatic hydroxyl groups excluding tert-OH is 1. The molecule has 0 saturated carbocycles. The molecule has 0 fully saturated rings. The molecule has 1 aromatic rings. The maximum absolute atomic E-state index is 9.44. The largest absolute Gasteiger partial charge is 0.504 e. The van der Waals surface area contributed by atoms with E-state index in [0.717, 1.165) is 0 Å². The van der Waals surface area contributed by atoms with Crippen molar-refractivity contribution < 1.29 is 14.9 Å². The average molecular weight is 182 g/mol. The molecule has 0 radical (unpaired) electrons. The van der Waals surface area contributed by atoms with Gasteiger partial charge in [-0.15, -0.1) is 0 Å². The Kier molecular flexibility index (Phi) is 3.14. The van der Waals surface area contributed by atoms with Crippen LogP contribution >= 0.6 is 0 Å². The summed E-state index contributed by atoms with van der Waals surface area (Å²) in [4.78, 5) is 0. The molecule has 0 spiro atoms. The van der Waals surface area contributed by atoms with Crippen LogP contribution in [-0.2, 0) is 6.61 Å². The van der Waals surface area contributed by atoms with Gasteiger partial charge in [0.15, 0.2) is 11.5 Å². The van der Waals surface area contributed by atoms with Gasteiger partial charge in [0.05, 0.1) is 12.7 Å². The molecule has 0 atom stereocenters. The minimum Gasteiger partial charge on any atom is -0.504 e. The van der Waals surface area contributed by atoms with Crippen LogP contribution in [0.25, 0.3) is 0 Å². The molecular formula is C10H14O3. The SMILES string of the molecule is CC(C)Oc1ccc(CO)cc1O. The zero-order chi connectivity index (χ0) is 9.84. The zero-order valence-electron chi connectivity index (χ0n) is 7.82. The lowest BCUT2D eigenvalue weighted by Crippen LogP contribution is -2.05. The van der Waals surface area contributed by atoms with Crippen LogP contribution in [0.5, 0.6) is 11.5 Å². The van der Waals surface area contributed by atoms with Crippen molar-refractivity contribution in [3.8, 4) is 11.5 Å². The second-order valence-corrected chi connectivity index (χ2v) is 3.13. The highest BCUT2D eigenvalue weighted by atomic mass is 16.5. The topological polar surface area (TPSA) is 49.7 Å². The van der Waals surface area contributed by atoms with E-state index < -0.39 is 0 Å². The van der Waals surface area contributed by atoms with E-state index in [0.29, 0.717) is 11.3 Å². The van der Waals surface area contributed by atoms with Gasteiger partial charge >= 0.3 is 0 Å². The number of benzene rings is 1. The van der Waals surface area contributed by atoms with Crippen LogP contribution in [0, 0.1) is 0 Å². The lowest BCUT2D eigenvalue weighted by molar-refractivity contribution is 0.231. The number of hydrogen-bond acceptors (Lipinski definition) is 3. The summed E-state index contributed by atoms with van der Waals surface area (Å²) in [5, 5.41) is 18.2. The molecule has 13 heavy (non-hydrogen) atoms. The predicted octanol–water partition coefficient (Wildman–Crippen LogP) is 1.67. The third-order valence-corrected chi connectivity index (χ3v) is 1.57. The van der Waals surface area contributed by atoms with Crippen molar-refractivity contribution in [1.82, 2.24) is 0 Å². The number of aromatic hydroxyl groups is 1. The minimum absolute atomic E-state index is 0.0332. The summed E-state index contributed by atoms with van der Waals surface area (Å²) in [5.41, 5.74) is 0.675. The van der Waals surface area contributed by atoms with Crippen LogP contribution in [0.1, 0.15) is 19.4 Å². The smallest absolute Gasteiger partial charge is 0.161 e. The summed E-state index contributed by atoms with van der Waals surface area (Å²) in [6, 6.07) is 4.87. The first-order valence-electron chi connectivity index (χ1n) is 4.23. The molecule has 0 aliphatic heterocycles. The second kappa shape index (κ2) is 4.14. The van der Waals surface area contributed by atoms with Gasteiger partial charge in [0.25, 0.3) is 0 Å². The van der Waals surface area contributed by atoms with E-state index in [9.17, 15) is 5.11 Å². The van der Waals surface area contributed by atoms with E-state index in [2.05, 4.69) is 0 Å². The molecule has 0 bridgehead atoms. The number of ether oxygens (including phenoxy) is 1. The van der Waals surface area contributed by atoms with Gasteiger partial charge < -0.3 is 14.9 Å². The molecule has 1 aromatic carbocycles. The monoisotopic (exact) mass is 182 g/mol. The van der Waals surface area contributed by atoms with E-state index in [1.165, 1.54) is 6.07 Å². The highest BCUT2D eigenvalue weighted by Gasteiger charge is 2.04. The highest BCUT2D eigenvalue weighted by molar-refractivity contribution is 5.41. The molecule has 0 unspecified atom stereocenters. The van der Waals surface area contributed by atoms with Crippen LogP contribution < -0.4 is 4.74 Å². The maximum atomic E-state index is 9.44. The molecule has 0 aliphatic carbocycles. The first kappa shape index (κ1) is 9.86. The van der Waals surface area contributed by atoms with Gasteiger partial charge in [-0.25, -0.2) is 0 Å². The van der Waals surface area contributed by atoms with Crippen molar-refractivity contribution in [3.63, 3.8) is 0 Å². The van der Waals surface area contributed by atoms with Gasteiger partial charge in [-0.2, -0.15) is 0 Å². The van der Waals surface area contributed by atoms with Crippen LogP contribution in [0.4, 0.5) is 0 Å². The zero-order valence-corrected chi connectivity index (χ0v) is 7.82. The Morgan fingerprint density at radius 2 is 2.08 bits per heavy atom. The fourth-order valence-electron chi connectivity index (χ4n) is 1.01. The van der Waals surface area contributed by atoms with Gasteiger partial charge in [-0.3, -0.25) is 0 Å². The van der Waals surface area contributed by atoms with Crippen molar-refractivity contribution >= 4 is 0 Å². The Bertz CT molecular complexity index is 281. The normalized spacial score (nSPS) is 10.5. The molecule has 2 N–H and O–H groups in total. The Morgan fingerprint density at radius 1 is 1.38 bits per heavy atom. The number of rotatable bonds is 3. The van der Waals surface area contributed by atoms with Crippen molar-refractivity contribution in [2.24, 2.45) is 0 Å². The van der Waals surface area contributed by atoms with Crippen molar-refractivity contribution in [1.29, 1.82) is 0 Å². The average Bonchev–Trinajstić information content (AvgIpc) is 2.08. The summed E-state index contributed by atoms with van der Waals surface area (Å²) >= 11 is 0. The number of aliphatic hydroxyl groups is 1. The molecule has 72 valence electrons. The van der Waals surface area contributed by atoms with Crippen LogP contribution in [-0.4, -0.2) is 16.3 Å². The van der Waals surface area contributed by atoms with Gasteiger partial charge in [0.2, 0.25) is 0 Å². The molecule has 0 aliphatic rings. The second-order valence-electron chi connectivity index (χ2n) is 3.13. The Morgan fingerprint density at radius 3 is 2.54 bits per heavy atom. The fourth-order valence-corrected chi connectivity index (χ4v) is 1.01. The third kappa shape index (κ3) is 2.63. The number of hydrogen-bond donors (Lipinski definition) is 2. The Labute approximate surface area is 77.6 Å². The molecule has 0 aromatic heterocycles. The van der Waals surface area contributed by atoms with Gasteiger partial charge in [-0.1, -0.05) is 6.07 Å². The van der Waals surface area contributed by atoms with E-state index in [1.807, 2.05) is 13.8 Å².